The molecule has 0 radical (unpaired) electrons. The zero-order valence-corrected chi connectivity index (χ0v) is 15.0. The molecule has 0 aliphatic heterocycles. The summed E-state index contributed by atoms with van der Waals surface area (Å²) in [6.45, 7) is 3.53. The van der Waals surface area contributed by atoms with E-state index in [4.69, 9.17) is 0 Å². The van der Waals surface area contributed by atoms with Crippen LogP contribution < -0.4 is 10.0 Å². The Morgan fingerprint density at radius 2 is 1.96 bits per heavy atom. The molecule has 1 aromatic heterocycles. The maximum absolute atomic E-state index is 12.5. The van der Waals surface area contributed by atoms with Gasteiger partial charge < -0.3 is 10.1 Å². The lowest BCUT2D eigenvalue weighted by atomic mass is 10.1. The Bertz CT molecular complexity index is 811. The standard InChI is InChI=1S/C15H19N3O4S.ClH/c1-3-16-9-10-18-23(20,21)13-6-4-5-12-11(13)7-8-17-14(12)15(19)22-2;/h4-8,16,18H,3,9-10H2,1-2H3;1H. The van der Waals surface area contributed by atoms with E-state index < -0.39 is 16.0 Å². The minimum absolute atomic E-state index is 0. The van der Waals surface area contributed by atoms with Crippen molar-refractivity contribution in [3.63, 3.8) is 0 Å². The van der Waals surface area contributed by atoms with Crippen LogP contribution in [0.4, 0.5) is 0 Å². The fourth-order valence-corrected chi connectivity index (χ4v) is 3.45. The van der Waals surface area contributed by atoms with Crippen molar-refractivity contribution in [1.82, 2.24) is 15.0 Å². The number of sulfonamides is 1. The number of hydrogen-bond acceptors (Lipinski definition) is 6. The number of likely N-dealkylation sites (N-methyl/N-ethyl adjacent to an activating group) is 1. The van der Waals surface area contributed by atoms with Crippen LogP contribution in [0.3, 0.4) is 0 Å². The molecule has 1 aromatic carbocycles. The molecule has 2 N–H and O–H groups in total. The van der Waals surface area contributed by atoms with Crippen LogP contribution in [0.15, 0.2) is 35.4 Å². The molecule has 24 heavy (non-hydrogen) atoms. The van der Waals surface area contributed by atoms with Crippen molar-refractivity contribution in [3.05, 3.63) is 36.2 Å². The molecule has 7 nitrogen and oxygen atoms in total. The smallest absolute Gasteiger partial charge is 0.357 e. The van der Waals surface area contributed by atoms with Crippen molar-refractivity contribution in [2.45, 2.75) is 11.8 Å². The van der Waals surface area contributed by atoms with E-state index in [0.717, 1.165) is 6.54 Å². The third kappa shape index (κ3) is 4.41. The minimum Gasteiger partial charge on any atom is -0.464 e. The number of rotatable bonds is 7. The number of aromatic nitrogens is 1. The number of methoxy groups -OCH3 is 1. The molecule has 0 spiro atoms. The van der Waals surface area contributed by atoms with Gasteiger partial charge in [0.25, 0.3) is 0 Å². The van der Waals surface area contributed by atoms with Crippen LogP contribution in [0.1, 0.15) is 17.4 Å². The van der Waals surface area contributed by atoms with Gasteiger partial charge >= 0.3 is 5.97 Å². The number of benzene rings is 1. The van der Waals surface area contributed by atoms with Crippen LogP contribution >= 0.6 is 12.4 Å². The maximum Gasteiger partial charge on any atom is 0.357 e. The number of ether oxygens (including phenoxy) is 1. The van der Waals surface area contributed by atoms with Crippen molar-refractivity contribution in [3.8, 4) is 0 Å². The molecule has 0 aliphatic rings. The summed E-state index contributed by atoms with van der Waals surface area (Å²) in [5.41, 5.74) is 0.0923. The third-order valence-electron chi connectivity index (χ3n) is 3.28. The zero-order chi connectivity index (χ0) is 16.9. The molecule has 0 unspecified atom stereocenters. The van der Waals surface area contributed by atoms with E-state index in [1.807, 2.05) is 6.92 Å². The first-order valence-corrected chi connectivity index (χ1v) is 8.66. The van der Waals surface area contributed by atoms with E-state index in [1.165, 1.54) is 19.4 Å². The average molecular weight is 374 g/mol. The van der Waals surface area contributed by atoms with Crippen LogP contribution in [-0.2, 0) is 14.8 Å². The number of nitrogens with zero attached hydrogens (tertiary/aromatic N) is 1. The lowest BCUT2D eigenvalue weighted by molar-refractivity contribution is 0.0596. The van der Waals surface area contributed by atoms with Gasteiger partial charge in [0.15, 0.2) is 5.69 Å². The Morgan fingerprint density at radius 1 is 1.21 bits per heavy atom. The number of esters is 1. The maximum atomic E-state index is 12.5. The predicted molar refractivity (Wildman–Crippen MR) is 94.1 cm³/mol. The summed E-state index contributed by atoms with van der Waals surface area (Å²) in [4.78, 5) is 15.9. The monoisotopic (exact) mass is 373 g/mol. The molecule has 0 saturated heterocycles. The molecule has 2 rings (SSSR count). The van der Waals surface area contributed by atoms with Gasteiger partial charge in [0, 0.05) is 30.1 Å². The van der Waals surface area contributed by atoms with Gasteiger partial charge in [-0.05, 0) is 18.7 Å². The fourth-order valence-electron chi connectivity index (χ4n) is 2.20. The molecule has 132 valence electrons. The van der Waals surface area contributed by atoms with E-state index in [-0.39, 0.29) is 29.5 Å². The summed E-state index contributed by atoms with van der Waals surface area (Å²) in [5, 5.41) is 3.91. The van der Waals surface area contributed by atoms with Crippen LogP contribution in [0.5, 0.6) is 0 Å². The highest BCUT2D eigenvalue weighted by molar-refractivity contribution is 7.89. The number of pyridine rings is 1. The second-order valence-corrected chi connectivity index (χ2v) is 6.49. The van der Waals surface area contributed by atoms with Crippen LogP contribution in [0.25, 0.3) is 10.8 Å². The first-order valence-electron chi connectivity index (χ1n) is 7.17. The van der Waals surface area contributed by atoms with Gasteiger partial charge in [-0.25, -0.2) is 22.9 Å². The van der Waals surface area contributed by atoms with E-state index in [0.29, 0.717) is 17.3 Å². The van der Waals surface area contributed by atoms with Crippen LogP contribution in [-0.4, -0.2) is 46.1 Å². The van der Waals surface area contributed by atoms with E-state index in [2.05, 4.69) is 19.8 Å². The number of halogens is 1. The quantitative estimate of drug-likeness (QED) is 0.561. The summed E-state index contributed by atoms with van der Waals surface area (Å²) in [6.07, 6.45) is 1.40. The molecule has 9 heteroatoms. The molecule has 0 atom stereocenters. The third-order valence-corrected chi connectivity index (χ3v) is 4.80. The van der Waals surface area contributed by atoms with E-state index in [9.17, 15) is 13.2 Å². The fraction of sp³-hybridized carbons (Fsp3) is 0.333. The molecule has 1 heterocycles. The van der Waals surface area contributed by atoms with Gasteiger partial charge in [-0.2, -0.15) is 0 Å². The van der Waals surface area contributed by atoms with Crippen LogP contribution in [0, 0.1) is 0 Å². The summed E-state index contributed by atoms with van der Waals surface area (Å²) in [7, 11) is -2.43. The second kappa shape index (κ2) is 8.93. The number of carbonyl (C=O) groups excluding carboxylic acids is 1. The summed E-state index contributed by atoms with van der Waals surface area (Å²) < 4.78 is 32.2. The van der Waals surface area contributed by atoms with Gasteiger partial charge in [0.05, 0.1) is 12.0 Å². The van der Waals surface area contributed by atoms with Crippen molar-refractivity contribution in [2.24, 2.45) is 0 Å². The van der Waals surface area contributed by atoms with Gasteiger partial charge in [-0.3, -0.25) is 0 Å². The SMILES string of the molecule is CCNCCNS(=O)(=O)c1cccc2c(C(=O)OC)nccc12.Cl. The number of fused-ring (bicyclic) bond motifs is 1. The first kappa shape index (κ1) is 20.3. The largest absolute Gasteiger partial charge is 0.464 e. The number of carbonyl (C=O) groups is 1. The highest BCUT2D eigenvalue weighted by Gasteiger charge is 2.20. The zero-order valence-electron chi connectivity index (χ0n) is 13.4. The highest BCUT2D eigenvalue weighted by atomic mass is 35.5. The first-order chi connectivity index (χ1) is 11.0. The van der Waals surface area contributed by atoms with Crippen LogP contribution in [0.2, 0.25) is 0 Å². The molecular weight excluding hydrogens is 354 g/mol. The van der Waals surface area contributed by atoms with E-state index in [1.54, 1.807) is 18.2 Å². The Kier molecular flexibility index (Phi) is 7.56. The summed E-state index contributed by atoms with van der Waals surface area (Å²) in [5.74, 6) is -0.606. The topological polar surface area (TPSA) is 97.4 Å². The van der Waals surface area contributed by atoms with E-state index >= 15 is 0 Å². The number of nitrogens with one attached hydrogen (secondary N) is 2. The van der Waals surface area contributed by atoms with Crippen molar-refractivity contribution >= 4 is 39.2 Å². The molecule has 0 fully saturated rings. The molecule has 2 aromatic rings. The molecule has 0 saturated carbocycles. The Balaban J connectivity index is 0.00000288. The molecular formula is C15H20ClN3O4S. The summed E-state index contributed by atoms with van der Waals surface area (Å²) >= 11 is 0. The Morgan fingerprint density at radius 3 is 2.62 bits per heavy atom. The Hall–Kier alpha value is -1.74. The molecule has 0 amide bonds. The lowest BCUT2D eigenvalue weighted by Gasteiger charge is -2.11. The highest BCUT2D eigenvalue weighted by Crippen LogP contribution is 2.24. The second-order valence-electron chi connectivity index (χ2n) is 4.75. The van der Waals surface area contributed by atoms with Gasteiger partial charge in [-0.15, -0.1) is 12.4 Å². The van der Waals surface area contributed by atoms with Gasteiger partial charge in [-0.1, -0.05) is 19.1 Å². The van der Waals surface area contributed by atoms with Gasteiger partial charge in [0.2, 0.25) is 10.0 Å². The summed E-state index contributed by atoms with van der Waals surface area (Å²) in [6, 6.07) is 6.29. The van der Waals surface area contributed by atoms with Gasteiger partial charge in [0.1, 0.15) is 0 Å². The minimum atomic E-state index is -3.69. The van der Waals surface area contributed by atoms with Crippen molar-refractivity contribution in [1.29, 1.82) is 0 Å². The number of hydrogen-bond donors (Lipinski definition) is 2. The van der Waals surface area contributed by atoms with Crippen molar-refractivity contribution < 1.29 is 17.9 Å². The Labute approximate surface area is 147 Å². The normalized spacial score (nSPS) is 11.1. The molecule has 0 bridgehead atoms. The average Bonchev–Trinajstić information content (AvgIpc) is 2.57. The molecule has 0 aliphatic carbocycles. The lowest BCUT2D eigenvalue weighted by Crippen LogP contribution is -2.31. The predicted octanol–water partition coefficient (Wildman–Crippen LogP) is 1.33. The van der Waals surface area contributed by atoms with Crippen molar-refractivity contribution in [2.75, 3.05) is 26.7 Å².